The number of nitrogens with zero attached hydrogens (tertiary/aromatic N) is 3. The number of rotatable bonds is 4. The maximum absolute atomic E-state index is 13.3. The summed E-state index contributed by atoms with van der Waals surface area (Å²) in [6.07, 6.45) is 1.92. The smallest absolute Gasteiger partial charge is 0.255 e. The Morgan fingerprint density at radius 2 is 1.93 bits per heavy atom. The van der Waals surface area contributed by atoms with Gasteiger partial charge in [0.15, 0.2) is 0 Å². The molecular formula is C23H31ClN4O2. The number of aromatic nitrogens is 1. The molecule has 7 heteroatoms. The molecule has 2 aromatic rings. The number of hydrogen-bond acceptors (Lipinski definition) is 3. The second-order valence-corrected chi connectivity index (χ2v) is 8.17. The van der Waals surface area contributed by atoms with Crippen molar-refractivity contribution in [2.75, 3.05) is 32.7 Å². The molecule has 1 aromatic carbocycles. The van der Waals surface area contributed by atoms with Gasteiger partial charge in [0.25, 0.3) is 5.91 Å². The average Bonchev–Trinajstić information content (AvgIpc) is 3.02. The molecule has 2 amide bonds. The van der Waals surface area contributed by atoms with E-state index in [1.54, 1.807) is 0 Å². The molecule has 2 saturated heterocycles. The number of nitrogens with one attached hydrogen (secondary N) is 1. The molecule has 0 radical (unpaired) electrons. The molecule has 2 fully saturated rings. The van der Waals surface area contributed by atoms with E-state index in [0.29, 0.717) is 13.1 Å². The highest BCUT2D eigenvalue weighted by Crippen LogP contribution is 2.23. The number of hydrogen-bond donors (Lipinski definition) is 1. The standard InChI is InChI=1S/C23H30N4O2.ClH/c1-17-13-21(18(2)27(17)15-19-7-4-3-5-8-19)23(29)25-11-6-9-20(16-25)26-12-10-24-14-22(26)28;/h3-5,7-8,13,20,24H,6,9-12,14-16H2,1-2H3;1H. The Bertz CT molecular complexity index is 896. The zero-order valence-corrected chi connectivity index (χ0v) is 18.6. The van der Waals surface area contributed by atoms with Gasteiger partial charge in [-0.25, -0.2) is 0 Å². The predicted molar refractivity (Wildman–Crippen MR) is 120 cm³/mol. The topological polar surface area (TPSA) is 57.6 Å². The largest absolute Gasteiger partial charge is 0.344 e. The Balaban J connectivity index is 0.00000256. The van der Waals surface area contributed by atoms with Crippen LogP contribution in [0.4, 0.5) is 0 Å². The molecule has 0 saturated carbocycles. The van der Waals surface area contributed by atoms with Crippen LogP contribution in [0.2, 0.25) is 0 Å². The fourth-order valence-electron chi connectivity index (χ4n) is 4.60. The van der Waals surface area contributed by atoms with E-state index in [1.807, 2.05) is 41.0 Å². The van der Waals surface area contributed by atoms with Gasteiger partial charge >= 0.3 is 0 Å². The van der Waals surface area contributed by atoms with Gasteiger partial charge in [0, 0.05) is 50.2 Å². The van der Waals surface area contributed by atoms with Gasteiger partial charge in [-0.3, -0.25) is 9.59 Å². The van der Waals surface area contributed by atoms with Crippen molar-refractivity contribution in [2.45, 2.75) is 39.3 Å². The van der Waals surface area contributed by atoms with Crippen molar-refractivity contribution < 1.29 is 9.59 Å². The first-order valence-electron chi connectivity index (χ1n) is 10.5. The van der Waals surface area contributed by atoms with Crippen molar-refractivity contribution >= 4 is 24.2 Å². The lowest BCUT2D eigenvalue weighted by Crippen LogP contribution is -2.57. The fraction of sp³-hybridized carbons (Fsp3) is 0.478. The van der Waals surface area contributed by atoms with Crippen LogP contribution in [0.1, 0.15) is 40.2 Å². The molecule has 1 atom stereocenters. The fourth-order valence-corrected chi connectivity index (χ4v) is 4.60. The van der Waals surface area contributed by atoms with Crippen LogP contribution in [0.15, 0.2) is 36.4 Å². The number of piperazine rings is 1. The third kappa shape index (κ3) is 4.55. The number of piperidine rings is 1. The Morgan fingerprint density at radius 1 is 1.17 bits per heavy atom. The van der Waals surface area contributed by atoms with Crippen molar-refractivity contribution in [2.24, 2.45) is 0 Å². The lowest BCUT2D eigenvalue weighted by Gasteiger charge is -2.41. The Hall–Kier alpha value is -2.31. The summed E-state index contributed by atoms with van der Waals surface area (Å²) in [6.45, 7) is 8.23. The summed E-state index contributed by atoms with van der Waals surface area (Å²) in [7, 11) is 0. The first-order chi connectivity index (χ1) is 14.0. The van der Waals surface area contributed by atoms with Gasteiger partial charge in [0.1, 0.15) is 0 Å². The second kappa shape index (κ2) is 9.67. The van der Waals surface area contributed by atoms with Crippen LogP contribution in [0, 0.1) is 13.8 Å². The monoisotopic (exact) mass is 430 g/mol. The Kier molecular flexibility index (Phi) is 7.21. The van der Waals surface area contributed by atoms with Gasteiger partial charge in [0.2, 0.25) is 5.91 Å². The van der Waals surface area contributed by atoms with Crippen LogP contribution in [-0.4, -0.2) is 64.9 Å². The average molecular weight is 431 g/mol. The van der Waals surface area contributed by atoms with Crippen molar-refractivity contribution in [3.05, 3.63) is 58.9 Å². The summed E-state index contributed by atoms with van der Waals surface area (Å²) in [5.41, 5.74) is 4.12. The molecule has 162 valence electrons. The van der Waals surface area contributed by atoms with Crippen molar-refractivity contribution in [3.63, 3.8) is 0 Å². The number of carbonyl (C=O) groups is 2. The molecule has 0 spiro atoms. The van der Waals surface area contributed by atoms with E-state index < -0.39 is 0 Å². The van der Waals surface area contributed by atoms with Crippen molar-refractivity contribution in [1.29, 1.82) is 0 Å². The third-order valence-corrected chi connectivity index (χ3v) is 6.24. The number of carbonyl (C=O) groups excluding carboxylic acids is 2. The molecule has 1 aromatic heterocycles. The van der Waals surface area contributed by atoms with E-state index in [0.717, 1.165) is 56.0 Å². The van der Waals surface area contributed by atoms with Crippen LogP contribution in [0.3, 0.4) is 0 Å². The van der Waals surface area contributed by atoms with E-state index >= 15 is 0 Å². The zero-order chi connectivity index (χ0) is 20.4. The number of halogens is 1. The summed E-state index contributed by atoms with van der Waals surface area (Å²) in [4.78, 5) is 29.5. The van der Waals surface area contributed by atoms with Crippen LogP contribution in [0.5, 0.6) is 0 Å². The molecule has 2 aliphatic heterocycles. The van der Waals surface area contributed by atoms with Crippen molar-refractivity contribution in [1.82, 2.24) is 19.7 Å². The number of aryl methyl sites for hydroxylation is 1. The Morgan fingerprint density at radius 3 is 2.67 bits per heavy atom. The third-order valence-electron chi connectivity index (χ3n) is 6.24. The first-order valence-corrected chi connectivity index (χ1v) is 10.5. The minimum Gasteiger partial charge on any atom is -0.344 e. The van der Waals surface area contributed by atoms with Gasteiger partial charge in [0.05, 0.1) is 12.1 Å². The van der Waals surface area contributed by atoms with Crippen LogP contribution in [0.25, 0.3) is 0 Å². The molecular weight excluding hydrogens is 400 g/mol. The number of benzene rings is 1. The highest BCUT2D eigenvalue weighted by Gasteiger charge is 2.32. The van der Waals surface area contributed by atoms with Gasteiger partial charge in [-0.15, -0.1) is 12.4 Å². The normalized spacial score (nSPS) is 19.5. The molecule has 2 aliphatic rings. The minimum absolute atomic E-state index is 0. The summed E-state index contributed by atoms with van der Waals surface area (Å²) < 4.78 is 2.21. The lowest BCUT2D eigenvalue weighted by atomic mass is 10.0. The molecule has 0 aliphatic carbocycles. The highest BCUT2D eigenvalue weighted by molar-refractivity contribution is 5.96. The molecule has 6 nitrogen and oxygen atoms in total. The number of amides is 2. The lowest BCUT2D eigenvalue weighted by molar-refractivity contribution is -0.135. The quantitative estimate of drug-likeness (QED) is 0.811. The second-order valence-electron chi connectivity index (χ2n) is 8.17. The van der Waals surface area contributed by atoms with Crippen molar-refractivity contribution in [3.8, 4) is 0 Å². The Labute approximate surface area is 184 Å². The molecule has 4 rings (SSSR count). The van der Waals surface area contributed by atoms with Gasteiger partial charge < -0.3 is 19.7 Å². The van der Waals surface area contributed by atoms with Gasteiger partial charge in [-0.05, 0) is 38.3 Å². The summed E-state index contributed by atoms with van der Waals surface area (Å²) in [5, 5.41) is 3.13. The summed E-state index contributed by atoms with van der Waals surface area (Å²) in [6, 6.07) is 12.5. The zero-order valence-electron chi connectivity index (χ0n) is 17.8. The summed E-state index contributed by atoms with van der Waals surface area (Å²) in [5.74, 6) is 0.237. The molecule has 3 heterocycles. The maximum Gasteiger partial charge on any atom is 0.255 e. The highest BCUT2D eigenvalue weighted by atomic mass is 35.5. The number of likely N-dealkylation sites (tertiary alicyclic amines) is 1. The van der Waals surface area contributed by atoms with Crippen LogP contribution >= 0.6 is 12.4 Å². The minimum atomic E-state index is 0. The van der Waals surface area contributed by atoms with Gasteiger partial charge in [-0.2, -0.15) is 0 Å². The van der Waals surface area contributed by atoms with Crippen LogP contribution in [-0.2, 0) is 11.3 Å². The van der Waals surface area contributed by atoms with E-state index in [9.17, 15) is 9.59 Å². The predicted octanol–water partition coefficient (Wildman–Crippen LogP) is 2.61. The molecule has 1 unspecified atom stereocenters. The van der Waals surface area contributed by atoms with E-state index in [-0.39, 0.29) is 30.3 Å². The van der Waals surface area contributed by atoms with Gasteiger partial charge in [-0.1, -0.05) is 30.3 Å². The summed E-state index contributed by atoms with van der Waals surface area (Å²) >= 11 is 0. The van der Waals surface area contributed by atoms with Crippen LogP contribution < -0.4 is 5.32 Å². The first kappa shape index (κ1) is 22.4. The van der Waals surface area contributed by atoms with E-state index in [4.69, 9.17) is 0 Å². The maximum atomic E-state index is 13.3. The van der Waals surface area contributed by atoms with E-state index in [1.165, 1.54) is 5.56 Å². The molecule has 30 heavy (non-hydrogen) atoms. The SMILES string of the molecule is Cc1cc(C(=O)N2CCCC(N3CCNCC3=O)C2)c(C)n1Cc1ccccc1.Cl. The van der Waals surface area contributed by atoms with E-state index in [2.05, 4.69) is 28.9 Å². The molecule has 0 bridgehead atoms. The molecule has 1 N–H and O–H groups in total.